The van der Waals surface area contributed by atoms with Crippen LogP contribution in [0.25, 0.3) is 0 Å². The van der Waals surface area contributed by atoms with Crippen LogP contribution in [0.2, 0.25) is 0 Å². The summed E-state index contributed by atoms with van der Waals surface area (Å²) in [4.78, 5) is 10.4. The Kier molecular flexibility index (Phi) is 2.04. The van der Waals surface area contributed by atoms with Crippen LogP contribution in [0, 0.1) is 4.77 Å². The van der Waals surface area contributed by atoms with Gasteiger partial charge in [-0.25, -0.2) is 4.79 Å². The van der Waals surface area contributed by atoms with E-state index in [1.807, 2.05) is 0 Å². The molecule has 0 radical (unpaired) electrons. The van der Waals surface area contributed by atoms with Crippen LogP contribution in [-0.4, -0.2) is 25.8 Å². The molecule has 6 heteroatoms. The summed E-state index contributed by atoms with van der Waals surface area (Å²) in [7, 11) is 0. The van der Waals surface area contributed by atoms with Gasteiger partial charge in [0.25, 0.3) is 0 Å². The van der Waals surface area contributed by atoms with E-state index in [9.17, 15) is 4.79 Å². The number of H-pyrrole nitrogens is 1. The molecule has 1 heterocycles. The molecule has 0 saturated carbocycles. The smallest absolute Gasteiger partial charge is 0.374 e. The molecular formula is C5H7N3O2S. The summed E-state index contributed by atoms with van der Waals surface area (Å²) in [6.45, 7) is 2.31. The van der Waals surface area contributed by atoms with Gasteiger partial charge in [0.2, 0.25) is 5.82 Å². The molecule has 1 rings (SSSR count). The van der Waals surface area contributed by atoms with Crippen molar-refractivity contribution in [3.63, 3.8) is 0 Å². The van der Waals surface area contributed by atoms with Gasteiger partial charge >= 0.3 is 5.97 Å². The second-order valence-electron chi connectivity index (χ2n) is 1.90. The Hall–Kier alpha value is -1.17. The molecule has 2 N–H and O–H groups in total. The third kappa shape index (κ3) is 1.30. The Morgan fingerprint density at radius 3 is 2.91 bits per heavy atom. The molecule has 0 aliphatic carbocycles. The van der Waals surface area contributed by atoms with E-state index in [-0.39, 0.29) is 5.82 Å². The minimum absolute atomic E-state index is 0.0440. The van der Waals surface area contributed by atoms with Gasteiger partial charge in [0, 0.05) is 6.54 Å². The molecule has 0 spiro atoms. The van der Waals surface area contributed by atoms with Crippen LogP contribution in [0.4, 0.5) is 0 Å². The van der Waals surface area contributed by atoms with E-state index >= 15 is 0 Å². The Morgan fingerprint density at radius 1 is 1.91 bits per heavy atom. The molecule has 0 atom stereocenters. The molecule has 11 heavy (non-hydrogen) atoms. The number of rotatable bonds is 2. The second-order valence-corrected chi connectivity index (χ2v) is 2.29. The lowest BCUT2D eigenvalue weighted by Gasteiger charge is -1.95. The summed E-state index contributed by atoms with van der Waals surface area (Å²) in [5, 5.41) is 14.5. The van der Waals surface area contributed by atoms with Crippen LogP contribution in [0.3, 0.4) is 0 Å². The summed E-state index contributed by atoms with van der Waals surface area (Å²) >= 11 is 4.77. The Balaban J connectivity index is 3.27. The Morgan fingerprint density at radius 2 is 2.55 bits per heavy atom. The minimum atomic E-state index is -1.07. The molecule has 1 aromatic rings. The van der Waals surface area contributed by atoms with Crippen LogP contribution in [0.15, 0.2) is 0 Å². The number of carbonyl (C=O) groups is 1. The fraction of sp³-hybridized carbons (Fsp3) is 0.400. The monoisotopic (exact) mass is 173 g/mol. The van der Waals surface area contributed by atoms with Gasteiger partial charge in [-0.3, -0.25) is 9.67 Å². The zero-order valence-corrected chi connectivity index (χ0v) is 6.68. The fourth-order valence-corrected chi connectivity index (χ4v) is 1.04. The number of hydrogen-bond donors (Lipinski definition) is 2. The quantitative estimate of drug-likeness (QED) is 0.644. The highest BCUT2D eigenvalue weighted by Crippen LogP contribution is 1.96. The van der Waals surface area contributed by atoms with Crippen molar-refractivity contribution in [3.8, 4) is 0 Å². The molecule has 5 nitrogen and oxygen atoms in total. The first-order chi connectivity index (χ1) is 5.16. The van der Waals surface area contributed by atoms with Gasteiger partial charge < -0.3 is 5.11 Å². The number of nitrogens with one attached hydrogen (secondary N) is 1. The van der Waals surface area contributed by atoms with Gasteiger partial charge in [-0.2, -0.15) is 0 Å². The molecule has 0 saturated heterocycles. The first-order valence-electron chi connectivity index (χ1n) is 3.05. The summed E-state index contributed by atoms with van der Waals surface area (Å²) < 4.78 is 1.75. The van der Waals surface area contributed by atoms with E-state index in [4.69, 9.17) is 17.3 Å². The van der Waals surface area contributed by atoms with E-state index in [1.54, 1.807) is 6.92 Å². The minimum Gasteiger partial charge on any atom is -0.475 e. The number of nitrogens with zero attached hydrogens (tertiary/aromatic N) is 2. The third-order valence-electron chi connectivity index (χ3n) is 1.27. The van der Waals surface area contributed by atoms with Crippen molar-refractivity contribution in [2.45, 2.75) is 13.5 Å². The molecule has 0 aliphatic heterocycles. The maximum Gasteiger partial charge on any atom is 0.374 e. The van der Waals surface area contributed by atoms with Gasteiger partial charge in [-0.05, 0) is 19.1 Å². The fourth-order valence-electron chi connectivity index (χ4n) is 0.774. The lowest BCUT2D eigenvalue weighted by atomic mass is 10.6. The molecule has 60 valence electrons. The Bertz CT molecular complexity index is 327. The van der Waals surface area contributed by atoms with E-state index < -0.39 is 5.97 Å². The highest BCUT2D eigenvalue weighted by Gasteiger charge is 2.10. The molecule has 0 amide bonds. The van der Waals surface area contributed by atoms with E-state index in [2.05, 4.69) is 10.2 Å². The normalized spacial score (nSPS) is 9.91. The summed E-state index contributed by atoms with van der Waals surface area (Å²) in [5.74, 6) is -1.11. The first kappa shape index (κ1) is 7.93. The predicted octanol–water partition coefficient (Wildman–Crippen LogP) is 0.659. The number of carboxylic acids is 1. The van der Waals surface area contributed by atoms with Crippen LogP contribution in [-0.2, 0) is 6.54 Å². The van der Waals surface area contributed by atoms with Gasteiger partial charge in [0.05, 0.1) is 0 Å². The highest BCUT2D eigenvalue weighted by atomic mass is 32.1. The van der Waals surface area contributed by atoms with Gasteiger partial charge in [0.1, 0.15) is 0 Å². The molecule has 0 aromatic carbocycles. The molecule has 0 aliphatic rings. The molecular weight excluding hydrogens is 166 g/mol. The van der Waals surface area contributed by atoms with E-state index in [0.717, 1.165) is 0 Å². The van der Waals surface area contributed by atoms with Crippen molar-refractivity contribution in [3.05, 3.63) is 10.6 Å². The third-order valence-corrected chi connectivity index (χ3v) is 1.58. The highest BCUT2D eigenvalue weighted by molar-refractivity contribution is 7.71. The number of aromatic nitrogens is 3. The maximum atomic E-state index is 10.4. The van der Waals surface area contributed by atoms with Crippen molar-refractivity contribution >= 4 is 18.2 Å². The van der Waals surface area contributed by atoms with Gasteiger partial charge in [0.15, 0.2) is 4.77 Å². The first-order valence-corrected chi connectivity index (χ1v) is 3.46. The maximum absolute atomic E-state index is 10.4. The average molecular weight is 173 g/mol. The van der Waals surface area contributed by atoms with Crippen LogP contribution >= 0.6 is 12.2 Å². The number of carboxylic acid groups (broad SMARTS) is 1. The van der Waals surface area contributed by atoms with Crippen molar-refractivity contribution in [1.82, 2.24) is 14.8 Å². The summed E-state index contributed by atoms with van der Waals surface area (Å²) in [6.07, 6.45) is 0. The topological polar surface area (TPSA) is 70.9 Å². The second kappa shape index (κ2) is 2.83. The van der Waals surface area contributed by atoms with Gasteiger partial charge in [-0.15, -0.1) is 5.10 Å². The molecule has 1 aromatic heterocycles. The van der Waals surface area contributed by atoms with Crippen LogP contribution < -0.4 is 0 Å². The van der Waals surface area contributed by atoms with Crippen molar-refractivity contribution < 1.29 is 9.90 Å². The van der Waals surface area contributed by atoms with Gasteiger partial charge in [-0.1, -0.05) is 0 Å². The number of hydrogen-bond acceptors (Lipinski definition) is 3. The van der Waals surface area contributed by atoms with Crippen molar-refractivity contribution in [2.75, 3.05) is 0 Å². The van der Waals surface area contributed by atoms with Crippen molar-refractivity contribution in [2.24, 2.45) is 0 Å². The molecule has 0 fully saturated rings. The largest absolute Gasteiger partial charge is 0.475 e. The Labute approximate surface area is 67.7 Å². The van der Waals surface area contributed by atoms with E-state index in [1.165, 1.54) is 4.57 Å². The summed E-state index contributed by atoms with van der Waals surface area (Å²) in [6, 6.07) is 0. The molecule has 0 unspecified atom stereocenters. The summed E-state index contributed by atoms with van der Waals surface area (Å²) in [5.41, 5.74) is 0. The predicted molar refractivity (Wildman–Crippen MR) is 40.0 cm³/mol. The van der Waals surface area contributed by atoms with E-state index in [0.29, 0.717) is 11.3 Å². The number of aromatic carboxylic acids is 1. The molecule has 0 bridgehead atoms. The van der Waals surface area contributed by atoms with Crippen molar-refractivity contribution in [1.29, 1.82) is 0 Å². The van der Waals surface area contributed by atoms with Crippen LogP contribution in [0.5, 0.6) is 0 Å². The SMILES string of the molecule is CCn1c(C(=O)O)n[nH]c1=S. The zero-order chi connectivity index (χ0) is 8.43. The lowest BCUT2D eigenvalue weighted by molar-refractivity contribution is 0.0677. The number of aromatic amines is 1. The standard InChI is InChI=1S/C5H7N3O2S/c1-2-8-3(4(9)10)6-7-5(8)11/h2H2,1H3,(H,7,11)(H,9,10). The zero-order valence-electron chi connectivity index (χ0n) is 5.87. The average Bonchev–Trinajstić information content (AvgIpc) is 2.30. The lowest BCUT2D eigenvalue weighted by Crippen LogP contribution is -2.08. The van der Waals surface area contributed by atoms with Crippen LogP contribution in [0.1, 0.15) is 17.5 Å².